The minimum atomic E-state index is -0.271. The van der Waals surface area contributed by atoms with Gasteiger partial charge in [-0.1, -0.05) is 42.5 Å². The van der Waals surface area contributed by atoms with Crippen molar-refractivity contribution < 1.29 is 9.18 Å². The van der Waals surface area contributed by atoms with Gasteiger partial charge in [0.05, 0.1) is 12.4 Å². The summed E-state index contributed by atoms with van der Waals surface area (Å²) in [5.41, 5.74) is 2.43. The van der Waals surface area contributed by atoms with Crippen LogP contribution in [0.2, 0.25) is 0 Å². The third-order valence-electron chi connectivity index (χ3n) is 4.41. The molecule has 0 fully saturated rings. The van der Waals surface area contributed by atoms with Gasteiger partial charge in [0.1, 0.15) is 17.3 Å². The first kappa shape index (κ1) is 19.5. The molecule has 1 aromatic heterocycles. The van der Waals surface area contributed by atoms with Crippen LogP contribution in [-0.2, 0) is 13.0 Å². The fourth-order valence-electron chi connectivity index (χ4n) is 2.82. The van der Waals surface area contributed by atoms with Crippen LogP contribution in [0, 0.1) is 5.82 Å². The van der Waals surface area contributed by atoms with Crippen molar-refractivity contribution in [2.75, 3.05) is 18.0 Å². The van der Waals surface area contributed by atoms with Crippen LogP contribution in [0.1, 0.15) is 28.5 Å². The van der Waals surface area contributed by atoms with Gasteiger partial charge in [0, 0.05) is 19.6 Å². The molecule has 1 N–H and O–H groups in total. The van der Waals surface area contributed by atoms with E-state index < -0.39 is 0 Å². The highest BCUT2D eigenvalue weighted by Gasteiger charge is 2.11. The van der Waals surface area contributed by atoms with E-state index in [2.05, 4.69) is 39.2 Å². The van der Waals surface area contributed by atoms with Crippen molar-refractivity contribution in [3.63, 3.8) is 0 Å². The number of halogens is 1. The Morgan fingerprint density at radius 1 is 1.00 bits per heavy atom. The molecule has 5 nitrogen and oxygen atoms in total. The van der Waals surface area contributed by atoms with E-state index in [1.54, 1.807) is 18.3 Å². The summed E-state index contributed by atoms with van der Waals surface area (Å²) < 4.78 is 12.9. The van der Waals surface area contributed by atoms with Gasteiger partial charge in [0.25, 0.3) is 5.91 Å². The van der Waals surface area contributed by atoms with Crippen LogP contribution in [0.4, 0.5) is 10.2 Å². The second-order valence-electron chi connectivity index (χ2n) is 6.39. The monoisotopic (exact) mass is 378 g/mol. The summed E-state index contributed by atoms with van der Waals surface area (Å²) in [5, 5.41) is 2.82. The number of aromatic nitrogens is 2. The maximum absolute atomic E-state index is 12.9. The van der Waals surface area contributed by atoms with Crippen LogP contribution < -0.4 is 10.2 Å². The first-order chi connectivity index (χ1) is 13.7. The molecular weight excluding hydrogens is 355 g/mol. The number of anilines is 1. The second-order valence-corrected chi connectivity index (χ2v) is 6.39. The number of amides is 1. The van der Waals surface area contributed by atoms with Crippen molar-refractivity contribution in [1.29, 1.82) is 0 Å². The number of nitrogens with one attached hydrogen (secondary N) is 1. The molecule has 0 aliphatic rings. The Bertz CT molecular complexity index is 883. The SMILES string of the molecule is CCN(Cc1ccccc1)c1cnc(C(=O)NCCc2ccc(F)cc2)cn1. The van der Waals surface area contributed by atoms with E-state index in [4.69, 9.17) is 0 Å². The quantitative estimate of drug-likeness (QED) is 0.651. The Balaban J connectivity index is 1.55. The average Bonchev–Trinajstić information content (AvgIpc) is 2.74. The van der Waals surface area contributed by atoms with E-state index >= 15 is 0 Å². The van der Waals surface area contributed by atoms with E-state index in [1.807, 2.05) is 18.2 Å². The van der Waals surface area contributed by atoms with Crippen LogP contribution in [0.3, 0.4) is 0 Å². The molecule has 3 aromatic rings. The fourth-order valence-corrected chi connectivity index (χ4v) is 2.82. The number of carbonyl (C=O) groups is 1. The standard InChI is InChI=1S/C22H23FN4O/c1-2-27(16-18-6-4-3-5-7-18)21-15-25-20(14-26-21)22(28)24-13-12-17-8-10-19(23)11-9-17/h3-11,14-15H,2,12-13,16H2,1H3,(H,24,28). The zero-order chi connectivity index (χ0) is 19.8. The molecule has 1 amide bonds. The van der Waals surface area contributed by atoms with Gasteiger partial charge in [-0.15, -0.1) is 0 Å². The summed E-state index contributed by atoms with van der Waals surface area (Å²) >= 11 is 0. The number of hydrogen-bond donors (Lipinski definition) is 1. The smallest absolute Gasteiger partial charge is 0.271 e. The highest BCUT2D eigenvalue weighted by atomic mass is 19.1. The molecule has 6 heteroatoms. The van der Waals surface area contributed by atoms with Crippen molar-refractivity contribution in [1.82, 2.24) is 15.3 Å². The molecule has 28 heavy (non-hydrogen) atoms. The lowest BCUT2D eigenvalue weighted by atomic mass is 10.1. The summed E-state index contributed by atoms with van der Waals surface area (Å²) in [4.78, 5) is 23.0. The number of rotatable bonds is 8. The second kappa shape index (κ2) is 9.60. The minimum Gasteiger partial charge on any atom is -0.351 e. The molecule has 0 radical (unpaired) electrons. The maximum Gasteiger partial charge on any atom is 0.271 e. The largest absolute Gasteiger partial charge is 0.351 e. The van der Waals surface area contributed by atoms with Crippen molar-refractivity contribution >= 4 is 11.7 Å². The van der Waals surface area contributed by atoms with Gasteiger partial charge >= 0.3 is 0 Å². The topological polar surface area (TPSA) is 58.1 Å². The lowest BCUT2D eigenvalue weighted by Gasteiger charge is -2.21. The molecule has 0 unspecified atom stereocenters. The van der Waals surface area contributed by atoms with E-state index in [0.717, 1.165) is 24.5 Å². The van der Waals surface area contributed by atoms with Crippen molar-refractivity contribution in [2.45, 2.75) is 19.9 Å². The maximum atomic E-state index is 12.9. The van der Waals surface area contributed by atoms with E-state index in [9.17, 15) is 9.18 Å². The van der Waals surface area contributed by atoms with Gasteiger partial charge in [0.2, 0.25) is 0 Å². The number of benzene rings is 2. The van der Waals surface area contributed by atoms with Crippen LogP contribution in [0.5, 0.6) is 0 Å². The lowest BCUT2D eigenvalue weighted by Crippen LogP contribution is -2.27. The van der Waals surface area contributed by atoms with E-state index in [1.165, 1.54) is 23.9 Å². The Morgan fingerprint density at radius 3 is 2.39 bits per heavy atom. The predicted octanol–water partition coefficient (Wildman–Crippen LogP) is 3.61. The van der Waals surface area contributed by atoms with Gasteiger partial charge in [-0.3, -0.25) is 4.79 Å². The average molecular weight is 378 g/mol. The molecule has 2 aromatic carbocycles. The highest BCUT2D eigenvalue weighted by molar-refractivity contribution is 5.92. The normalized spacial score (nSPS) is 10.5. The molecule has 1 heterocycles. The van der Waals surface area contributed by atoms with Crippen molar-refractivity contribution in [3.05, 3.63) is 89.6 Å². The molecular formula is C22H23FN4O. The molecule has 0 atom stereocenters. The van der Waals surface area contributed by atoms with E-state index in [-0.39, 0.29) is 17.4 Å². The molecule has 0 aliphatic heterocycles. The summed E-state index contributed by atoms with van der Waals surface area (Å²) in [7, 11) is 0. The predicted molar refractivity (Wildman–Crippen MR) is 108 cm³/mol. The first-order valence-electron chi connectivity index (χ1n) is 9.29. The number of carbonyl (C=O) groups excluding carboxylic acids is 1. The first-order valence-corrected chi connectivity index (χ1v) is 9.29. The summed E-state index contributed by atoms with van der Waals surface area (Å²) in [5.74, 6) is 0.193. The van der Waals surface area contributed by atoms with Gasteiger partial charge in [0.15, 0.2) is 0 Å². The van der Waals surface area contributed by atoms with Gasteiger partial charge in [-0.25, -0.2) is 14.4 Å². The van der Waals surface area contributed by atoms with Gasteiger partial charge in [-0.05, 0) is 36.6 Å². The molecule has 3 rings (SSSR count). The van der Waals surface area contributed by atoms with Crippen LogP contribution >= 0.6 is 0 Å². The molecule has 0 saturated carbocycles. The Kier molecular flexibility index (Phi) is 6.68. The van der Waals surface area contributed by atoms with E-state index in [0.29, 0.717) is 13.0 Å². The number of hydrogen-bond acceptors (Lipinski definition) is 4. The zero-order valence-electron chi connectivity index (χ0n) is 15.8. The molecule has 144 valence electrons. The third kappa shape index (κ3) is 5.36. The summed E-state index contributed by atoms with van der Waals surface area (Å²) in [6, 6.07) is 16.4. The molecule has 0 spiro atoms. The Hall–Kier alpha value is -3.28. The lowest BCUT2D eigenvalue weighted by molar-refractivity contribution is 0.0949. The minimum absolute atomic E-state index is 0.267. The molecule has 0 aliphatic carbocycles. The van der Waals surface area contributed by atoms with Gasteiger partial charge < -0.3 is 10.2 Å². The molecule has 0 bridgehead atoms. The van der Waals surface area contributed by atoms with Crippen LogP contribution in [-0.4, -0.2) is 29.0 Å². The highest BCUT2D eigenvalue weighted by Crippen LogP contribution is 2.13. The van der Waals surface area contributed by atoms with Crippen LogP contribution in [0.15, 0.2) is 67.0 Å². The zero-order valence-corrected chi connectivity index (χ0v) is 15.8. The molecule has 0 saturated heterocycles. The summed E-state index contributed by atoms with van der Waals surface area (Å²) in [6.45, 7) is 4.02. The van der Waals surface area contributed by atoms with Crippen LogP contribution in [0.25, 0.3) is 0 Å². The van der Waals surface area contributed by atoms with Gasteiger partial charge in [-0.2, -0.15) is 0 Å². The number of nitrogens with zero attached hydrogens (tertiary/aromatic N) is 3. The summed E-state index contributed by atoms with van der Waals surface area (Å²) in [6.07, 6.45) is 3.75. The Morgan fingerprint density at radius 2 is 1.75 bits per heavy atom. The van der Waals surface area contributed by atoms with Crippen molar-refractivity contribution in [3.8, 4) is 0 Å². The fraction of sp³-hybridized carbons (Fsp3) is 0.227. The third-order valence-corrected chi connectivity index (χ3v) is 4.41. The van der Waals surface area contributed by atoms with Crippen molar-refractivity contribution in [2.24, 2.45) is 0 Å². The Labute approximate surface area is 164 Å².